The number of carbonyl (C=O) groups is 1. The van der Waals surface area contributed by atoms with Crippen molar-refractivity contribution < 1.29 is 4.79 Å². The Balaban J connectivity index is 3.14. The number of benzene rings is 1. The third-order valence-corrected chi connectivity index (χ3v) is 3.41. The molecular weight excluding hydrogens is 260 g/mol. The molecule has 0 fully saturated rings. The van der Waals surface area contributed by atoms with E-state index in [-0.39, 0.29) is 5.78 Å². The number of halogens is 1. The molecule has 0 N–H and O–H groups in total. The van der Waals surface area contributed by atoms with Crippen LogP contribution in [0.1, 0.15) is 29.3 Å². The molecule has 0 heterocycles. The van der Waals surface area contributed by atoms with Crippen LogP contribution in [0.25, 0.3) is 0 Å². The summed E-state index contributed by atoms with van der Waals surface area (Å²) in [6.07, 6.45) is 2.58. The quantitative estimate of drug-likeness (QED) is 0.470. The van der Waals surface area contributed by atoms with Gasteiger partial charge >= 0.3 is 0 Å². The van der Waals surface area contributed by atoms with Gasteiger partial charge in [0.25, 0.3) is 0 Å². The fourth-order valence-corrected chi connectivity index (χ4v) is 2.18. The van der Waals surface area contributed by atoms with Crippen LogP contribution in [0.4, 0.5) is 0 Å². The molecule has 1 aromatic carbocycles. The van der Waals surface area contributed by atoms with Crippen LogP contribution in [0.5, 0.6) is 0 Å². The number of ketones is 1. The van der Waals surface area contributed by atoms with E-state index in [1.165, 1.54) is 0 Å². The smallest absolute Gasteiger partial charge is 0.162 e. The lowest BCUT2D eigenvalue weighted by molar-refractivity contribution is 0.0987. The standard InChI is InChI=1S/C11H13BrOS/c1-3-11(13)10-6-9(14-2)5-4-8(10)7-12/h4-6H,3,7H2,1-2H3. The zero-order valence-electron chi connectivity index (χ0n) is 8.34. The van der Waals surface area contributed by atoms with Gasteiger partial charge in [-0.25, -0.2) is 0 Å². The van der Waals surface area contributed by atoms with E-state index in [9.17, 15) is 4.79 Å². The molecule has 1 nitrogen and oxygen atoms in total. The molecule has 0 aromatic heterocycles. The van der Waals surface area contributed by atoms with Gasteiger partial charge in [0.05, 0.1) is 0 Å². The summed E-state index contributed by atoms with van der Waals surface area (Å²) in [7, 11) is 0. The molecule has 0 atom stereocenters. The van der Waals surface area contributed by atoms with Crippen molar-refractivity contribution in [1.29, 1.82) is 0 Å². The second-order valence-corrected chi connectivity index (χ2v) is 4.37. The summed E-state index contributed by atoms with van der Waals surface area (Å²) in [5, 5.41) is 0.739. The third-order valence-electron chi connectivity index (χ3n) is 2.08. The topological polar surface area (TPSA) is 17.1 Å². The first-order valence-electron chi connectivity index (χ1n) is 4.49. The van der Waals surface area contributed by atoms with E-state index in [1.807, 2.05) is 31.4 Å². The Morgan fingerprint density at radius 3 is 2.71 bits per heavy atom. The molecule has 0 radical (unpaired) electrons. The summed E-state index contributed by atoms with van der Waals surface area (Å²) in [5.41, 5.74) is 1.94. The van der Waals surface area contributed by atoms with Gasteiger partial charge in [-0.15, -0.1) is 11.8 Å². The lowest BCUT2D eigenvalue weighted by atomic mass is 10.0. The van der Waals surface area contributed by atoms with Crippen LogP contribution in [0.2, 0.25) is 0 Å². The molecule has 3 heteroatoms. The van der Waals surface area contributed by atoms with E-state index >= 15 is 0 Å². The van der Waals surface area contributed by atoms with E-state index < -0.39 is 0 Å². The average Bonchev–Trinajstić information content (AvgIpc) is 2.27. The van der Waals surface area contributed by atoms with E-state index in [0.717, 1.165) is 21.4 Å². The molecule has 0 aliphatic heterocycles. The Labute approximate surface area is 97.4 Å². The summed E-state index contributed by atoms with van der Waals surface area (Å²) in [6.45, 7) is 1.89. The molecule has 76 valence electrons. The van der Waals surface area contributed by atoms with Gasteiger partial charge in [-0.05, 0) is 24.0 Å². The number of rotatable bonds is 4. The van der Waals surface area contributed by atoms with Crippen molar-refractivity contribution in [2.75, 3.05) is 6.26 Å². The maximum Gasteiger partial charge on any atom is 0.162 e. The minimum Gasteiger partial charge on any atom is -0.294 e. The fourth-order valence-electron chi connectivity index (χ4n) is 1.25. The first-order valence-corrected chi connectivity index (χ1v) is 6.83. The second kappa shape index (κ2) is 5.56. The van der Waals surface area contributed by atoms with Crippen molar-refractivity contribution in [3.05, 3.63) is 29.3 Å². The predicted octanol–water partition coefficient (Wildman–Crippen LogP) is 3.90. The van der Waals surface area contributed by atoms with Gasteiger partial charge < -0.3 is 0 Å². The molecule has 0 aliphatic rings. The summed E-state index contributed by atoms with van der Waals surface area (Å²) < 4.78 is 0. The van der Waals surface area contributed by atoms with Crippen LogP contribution in [-0.4, -0.2) is 12.0 Å². The van der Waals surface area contributed by atoms with Crippen LogP contribution >= 0.6 is 27.7 Å². The summed E-state index contributed by atoms with van der Waals surface area (Å²) in [4.78, 5) is 12.8. The monoisotopic (exact) mass is 272 g/mol. The van der Waals surface area contributed by atoms with Crippen molar-refractivity contribution in [2.45, 2.75) is 23.6 Å². The fraction of sp³-hybridized carbons (Fsp3) is 0.364. The molecule has 0 unspecified atom stereocenters. The van der Waals surface area contributed by atoms with Gasteiger partial charge in [0, 0.05) is 22.2 Å². The molecule has 0 amide bonds. The Bertz CT molecular complexity index is 336. The highest BCUT2D eigenvalue weighted by Crippen LogP contribution is 2.22. The number of thioether (sulfide) groups is 1. The molecule has 0 spiro atoms. The molecule has 0 aliphatic carbocycles. The Morgan fingerprint density at radius 2 is 2.21 bits per heavy atom. The molecule has 1 rings (SSSR count). The Hall–Kier alpha value is -0.280. The minimum atomic E-state index is 0.218. The van der Waals surface area contributed by atoms with Crippen molar-refractivity contribution in [3.63, 3.8) is 0 Å². The maximum absolute atomic E-state index is 11.6. The normalized spacial score (nSPS) is 10.2. The summed E-state index contributed by atoms with van der Waals surface area (Å²) >= 11 is 5.06. The zero-order valence-corrected chi connectivity index (χ0v) is 10.7. The number of alkyl halides is 1. The molecule has 14 heavy (non-hydrogen) atoms. The molecule has 1 aromatic rings. The van der Waals surface area contributed by atoms with Gasteiger partial charge in [0.2, 0.25) is 0 Å². The number of hydrogen-bond acceptors (Lipinski definition) is 2. The third kappa shape index (κ3) is 2.61. The van der Waals surface area contributed by atoms with Crippen LogP contribution in [-0.2, 0) is 5.33 Å². The van der Waals surface area contributed by atoms with Crippen LogP contribution < -0.4 is 0 Å². The summed E-state index contributed by atoms with van der Waals surface area (Å²) in [6, 6.07) is 6.05. The zero-order chi connectivity index (χ0) is 10.6. The molecule has 0 saturated heterocycles. The van der Waals surface area contributed by atoms with Gasteiger partial charge in [-0.3, -0.25) is 4.79 Å². The highest BCUT2D eigenvalue weighted by atomic mass is 79.9. The van der Waals surface area contributed by atoms with E-state index in [4.69, 9.17) is 0 Å². The maximum atomic E-state index is 11.6. The molecular formula is C11H13BrOS. The van der Waals surface area contributed by atoms with E-state index in [2.05, 4.69) is 15.9 Å². The highest BCUT2D eigenvalue weighted by Gasteiger charge is 2.09. The second-order valence-electron chi connectivity index (χ2n) is 2.93. The first-order chi connectivity index (χ1) is 6.72. The van der Waals surface area contributed by atoms with Crippen LogP contribution in [0, 0.1) is 0 Å². The van der Waals surface area contributed by atoms with Crippen molar-refractivity contribution in [3.8, 4) is 0 Å². The predicted molar refractivity (Wildman–Crippen MR) is 65.5 cm³/mol. The van der Waals surface area contributed by atoms with Crippen LogP contribution in [0.3, 0.4) is 0 Å². The van der Waals surface area contributed by atoms with E-state index in [1.54, 1.807) is 11.8 Å². The first kappa shape index (κ1) is 11.8. The number of Topliss-reactive ketones (excluding diaryl/α,β-unsaturated/α-hetero) is 1. The van der Waals surface area contributed by atoms with Gasteiger partial charge in [-0.1, -0.05) is 28.9 Å². The SMILES string of the molecule is CCC(=O)c1cc(SC)ccc1CBr. The van der Waals surface area contributed by atoms with Crippen LogP contribution in [0.15, 0.2) is 23.1 Å². The van der Waals surface area contributed by atoms with Gasteiger partial charge in [-0.2, -0.15) is 0 Å². The van der Waals surface area contributed by atoms with Gasteiger partial charge in [0.1, 0.15) is 0 Å². The van der Waals surface area contributed by atoms with Crippen molar-refractivity contribution in [1.82, 2.24) is 0 Å². The summed E-state index contributed by atoms with van der Waals surface area (Å²) in [5.74, 6) is 0.218. The lowest BCUT2D eigenvalue weighted by Crippen LogP contribution is -2.01. The van der Waals surface area contributed by atoms with Crippen molar-refractivity contribution in [2.24, 2.45) is 0 Å². The van der Waals surface area contributed by atoms with E-state index in [0.29, 0.717) is 6.42 Å². The number of carbonyl (C=O) groups excluding carboxylic acids is 1. The average molecular weight is 273 g/mol. The Morgan fingerprint density at radius 1 is 1.50 bits per heavy atom. The molecule has 0 saturated carbocycles. The van der Waals surface area contributed by atoms with Gasteiger partial charge in [0.15, 0.2) is 5.78 Å². The minimum absolute atomic E-state index is 0.218. The Kier molecular flexibility index (Phi) is 4.69. The molecule has 0 bridgehead atoms. The largest absolute Gasteiger partial charge is 0.294 e. The number of hydrogen-bond donors (Lipinski definition) is 0. The lowest BCUT2D eigenvalue weighted by Gasteiger charge is -2.06. The van der Waals surface area contributed by atoms with Crippen molar-refractivity contribution >= 4 is 33.5 Å². The highest BCUT2D eigenvalue weighted by molar-refractivity contribution is 9.08.